The number of nitro benzene ring substituents is 1. The van der Waals surface area contributed by atoms with E-state index in [2.05, 4.69) is 10.2 Å². The summed E-state index contributed by atoms with van der Waals surface area (Å²) in [5.74, 6) is 0.768. The highest BCUT2D eigenvalue weighted by Crippen LogP contribution is 2.31. The van der Waals surface area contributed by atoms with Gasteiger partial charge in [0.25, 0.3) is 5.69 Å². The van der Waals surface area contributed by atoms with E-state index in [1.165, 1.54) is 25.7 Å². The fraction of sp³-hybridized carbons (Fsp3) is 0.625. The van der Waals surface area contributed by atoms with Crippen molar-refractivity contribution in [2.75, 3.05) is 24.5 Å². The van der Waals surface area contributed by atoms with Crippen molar-refractivity contribution in [2.45, 2.75) is 38.6 Å². The normalized spacial score (nSPS) is 23.5. The molecule has 0 amide bonds. The summed E-state index contributed by atoms with van der Waals surface area (Å²) in [5.41, 5.74) is 1.95. The van der Waals surface area contributed by atoms with Gasteiger partial charge in [0.2, 0.25) is 0 Å². The van der Waals surface area contributed by atoms with Crippen LogP contribution >= 0.6 is 0 Å². The molecule has 2 saturated heterocycles. The lowest BCUT2D eigenvalue weighted by Gasteiger charge is -2.36. The smallest absolute Gasteiger partial charge is 0.274 e. The summed E-state index contributed by atoms with van der Waals surface area (Å²) in [4.78, 5) is 13.1. The number of hydrogen-bond acceptors (Lipinski definition) is 4. The maximum absolute atomic E-state index is 11.1. The minimum Gasteiger partial charge on any atom is -0.371 e. The molecule has 114 valence electrons. The van der Waals surface area contributed by atoms with Gasteiger partial charge in [-0.2, -0.15) is 0 Å². The predicted molar refractivity (Wildman–Crippen MR) is 83.8 cm³/mol. The van der Waals surface area contributed by atoms with Crippen LogP contribution in [0.1, 0.15) is 31.2 Å². The van der Waals surface area contributed by atoms with Gasteiger partial charge in [-0.3, -0.25) is 10.1 Å². The van der Waals surface area contributed by atoms with E-state index in [-0.39, 0.29) is 10.6 Å². The Balaban J connectivity index is 1.66. The summed E-state index contributed by atoms with van der Waals surface area (Å²) in [7, 11) is 0. The Morgan fingerprint density at radius 1 is 1.29 bits per heavy atom. The van der Waals surface area contributed by atoms with Gasteiger partial charge in [-0.15, -0.1) is 0 Å². The maximum Gasteiger partial charge on any atom is 0.274 e. The topological polar surface area (TPSA) is 58.4 Å². The first-order valence-corrected chi connectivity index (χ1v) is 7.88. The van der Waals surface area contributed by atoms with Gasteiger partial charge in [0.05, 0.1) is 4.92 Å². The molecule has 2 heterocycles. The first-order valence-electron chi connectivity index (χ1n) is 7.88. The molecular weight excluding hydrogens is 266 g/mol. The molecule has 0 aromatic heterocycles. The van der Waals surface area contributed by atoms with Crippen LogP contribution in [-0.4, -0.2) is 30.6 Å². The number of aryl methyl sites for hydroxylation is 1. The van der Waals surface area contributed by atoms with Gasteiger partial charge in [-0.05, 0) is 51.1 Å². The number of anilines is 1. The molecule has 0 spiro atoms. The highest BCUT2D eigenvalue weighted by molar-refractivity contribution is 5.56. The number of nitrogens with one attached hydrogen (secondary N) is 1. The Kier molecular flexibility index (Phi) is 4.10. The van der Waals surface area contributed by atoms with E-state index < -0.39 is 0 Å². The first-order chi connectivity index (χ1) is 10.1. The van der Waals surface area contributed by atoms with Crippen LogP contribution in [0, 0.1) is 23.0 Å². The largest absolute Gasteiger partial charge is 0.371 e. The molecule has 5 nitrogen and oxygen atoms in total. The van der Waals surface area contributed by atoms with Crippen molar-refractivity contribution in [1.29, 1.82) is 0 Å². The second-order valence-corrected chi connectivity index (χ2v) is 6.26. The second-order valence-electron chi connectivity index (χ2n) is 6.26. The zero-order valence-corrected chi connectivity index (χ0v) is 12.5. The molecule has 0 saturated carbocycles. The van der Waals surface area contributed by atoms with Crippen LogP contribution in [0.2, 0.25) is 0 Å². The number of rotatable bonds is 3. The second kappa shape index (κ2) is 6.02. The molecule has 1 aromatic rings. The number of hydrogen-bond donors (Lipinski definition) is 1. The Morgan fingerprint density at radius 2 is 2.05 bits per heavy atom. The van der Waals surface area contributed by atoms with Crippen molar-refractivity contribution < 1.29 is 4.92 Å². The highest BCUT2D eigenvalue weighted by atomic mass is 16.6. The van der Waals surface area contributed by atoms with Crippen LogP contribution in [0.25, 0.3) is 0 Å². The summed E-state index contributed by atoms with van der Waals surface area (Å²) in [6.07, 6.45) is 4.97. The fourth-order valence-electron chi connectivity index (χ4n) is 3.67. The van der Waals surface area contributed by atoms with Gasteiger partial charge in [-0.1, -0.05) is 6.07 Å². The van der Waals surface area contributed by atoms with Gasteiger partial charge >= 0.3 is 0 Å². The lowest BCUT2D eigenvalue weighted by Crippen LogP contribution is -2.40. The summed E-state index contributed by atoms with van der Waals surface area (Å²) in [6.45, 7) is 4.96. The molecule has 1 N–H and O–H groups in total. The maximum atomic E-state index is 11.1. The van der Waals surface area contributed by atoms with Crippen molar-refractivity contribution >= 4 is 11.4 Å². The van der Waals surface area contributed by atoms with E-state index in [0.717, 1.165) is 36.8 Å². The van der Waals surface area contributed by atoms with Crippen LogP contribution in [-0.2, 0) is 0 Å². The van der Waals surface area contributed by atoms with E-state index in [1.807, 2.05) is 12.1 Å². The highest BCUT2D eigenvalue weighted by Gasteiger charge is 2.28. The van der Waals surface area contributed by atoms with E-state index >= 15 is 0 Å². The van der Waals surface area contributed by atoms with Crippen LogP contribution in [0.15, 0.2) is 18.2 Å². The third-order valence-electron chi connectivity index (χ3n) is 4.96. The summed E-state index contributed by atoms with van der Waals surface area (Å²) < 4.78 is 0. The standard InChI is InChI=1S/C16H23N3O2/c1-12-4-5-14(11-16(12)19(20)21)18-9-6-13(7-10-18)15-3-2-8-17-15/h4-5,11,13,15,17H,2-3,6-10H2,1H3. The summed E-state index contributed by atoms with van der Waals surface area (Å²) in [5, 5.41) is 14.7. The van der Waals surface area contributed by atoms with Gasteiger partial charge in [0, 0.05) is 36.4 Å². The molecule has 2 aliphatic heterocycles. The third-order valence-corrected chi connectivity index (χ3v) is 4.96. The van der Waals surface area contributed by atoms with Gasteiger partial charge < -0.3 is 10.2 Å². The van der Waals surface area contributed by atoms with Crippen molar-refractivity contribution in [3.63, 3.8) is 0 Å². The third kappa shape index (κ3) is 3.02. The quantitative estimate of drug-likeness (QED) is 0.686. The van der Waals surface area contributed by atoms with E-state index in [0.29, 0.717) is 6.04 Å². The number of nitro groups is 1. The summed E-state index contributed by atoms with van der Waals surface area (Å²) >= 11 is 0. The minimum absolute atomic E-state index is 0.229. The molecule has 5 heteroatoms. The Hall–Kier alpha value is -1.62. The molecule has 0 radical (unpaired) electrons. The number of nitrogens with zero attached hydrogens (tertiary/aromatic N) is 2. The number of benzene rings is 1. The van der Waals surface area contributed by atoms with Crippen molar-refractivity contribution in [3.05, 3.63) is 33.9 Å². The Labute approximate surface area is 125 Å². The molecule has 1 aromatic carbocycles. The average Bonchev–Trinajstić information content (AvgIpc) is 3.02. The van der Waals surface area contributed by atoms with Crippen LogP contribution in [0.3, 0.4) is 0 Å². The lowest BCUT2D eigenvalue weighted by atomic mass is 9.88. The molecular formula is C16H23N3O2. The average molecular weight is 289 g/mol. The van der Waals surface area contributed by atoms with Gasteiger partial charge in [-0.25, -0.2) is 0 Å². The number of piperidine rings is 1. The van der Waals surface area contributed by atoms with Gasteiger partial charge in [0.1, 0.15) is 0 Å². The minimum atomic E-state index is -0.284. The molecule has 2 aliphatic rings. The van der Waals surface area contributed by atoms with E-state index in [4.69, 9.17) is 0 Å². The van der Waals surface area contributed by atoms with Crippen LogP contribution < -0.4 is 10.2 Å². The summed E-state index contributed by atoms with van der Waals surface area (Å²) in [6, 6.07) is 6.29. The molecule has 1 atom stereocenters. The SMILES string of the molecule is Cc1ccc(N2CCC(C3CCCN3)CC2)cc1[N+](=O)[O-]. The van der Waals surface area contributed by atoms with Crippen LogP contribution in [0.5, 0.6) is 0 Å². The fourth-order valence-corrected chi connectivity index (χ4v) is 3.67. The lowest BCUT2D eigenvalue weighted by molar-refractivity contribution is -0.385. The predicted octanol–water partition coefficient (Wildman–Crippen LogP) is 2.87. The molecule has 0 bridgehead atoms. The zero-order valence-electron chi connectivity index (χ0n) is 12.5. The van der Waals surface area contributed by atoms with Gasteiger partial charge in [0.15, 0.2) is 0 Å². The van der Waals surface area contributed by atoms with Crippen molar-refractivity contribution in [1.82, 2.24) is 5.32 Å². The zero-order chi connectivity index (χ0) is 14.8. The molecule has 1 unspecified atom stereocenters. The monoisotopic (exact) mass is 289 g/mol. The molecule has 2 fully saturated rings. The Morgan fingerprint density at radius 3 is 2.67 bits per heavy atom. The van der Waals surface area contributed by atoms with Crippen molar-refractivity contribution in [3.8, 4) is 0 Å². The molecule has 21 heavy (non-hydrogen) atoms. The Bertz CT molecular complexity index is 518. The van der Waals surface area contributed by atoms with E-state index in [1.54, 1.807) is 13.0 Å². The van der Waals surface area contributed by atoms with Crippen molar-refractivity contribution in [2.24, 2.45) is 5.92 Å². The molecule has 3 rings (SSSR count). The first kappa shape index (κ1) is 14.3. The van der Waals surface area contributed by atoms with Crippen LogP contribution in [0.4, 0.5) is 11.4 Å². The molecule has 0 aliphatic carbocycles. The van der Waals surface area contributed by atoms with E-state index in [9.17, 15) is 10.1 Å².